The van der Waals surface area contributed by atoms with Gasteiger partial charge >= 0.3 is 0 Å². The number of hydrogen-bond acceptors (Lipinski definition) is 1. The second-order valence-electron chi connectivity index (χ2n) is 17.2. The number of nitrogens with zero attached hydrogens (tertiary/aromatic N) is 2. The minimum atomic E-state index is 0.862. The molecule has 2 nitrogen and oxygen atoms in total. The molecule has 0 spiro atoms. The van der Waals surface area contributed by atoms with E-state index in [-0.39, 0.29) is 0 Å². The van der Waals surface area contributed by atoms with Crippen LogP contribution in [0.2, 0.25) is 0 Å². The second-order valence-corrected chi connectivity index (χ2v) is 17.2. The predicted molar refractivity (Wildman–Crippen MR) is 290 cm³/mol. The van der Waals surface area contributed by atoms with E-state index in [4.69, 9.17) is 4.98 Å². The van der Waals surface area contributed by atoms with Gasteiger partial charge in [-0.05, 0) is 125 Å². The molecule has 9 aromatic carbocycles. The normalized spacial score (nSPS) is 11.6. The van der Waals surface area contributed by atoms with Gasteiger partial charge in [0.05, 0.1) is 11.0 Å². The molecule has 0 radical (unpaired) electrons. The Morgan fingerprint density at radius 2 is 0.836 bits per heavy atom. The van der Waals surface area contributed by atoms with Crippen LogP contribution in [0.25, 0.3) is 93.5 Å². The summed E-state index contributed by atoms with van der Waals surface area (Å²) >= 11 is 0. The fraction of sp³-hybridized carbons (Fsp3) is 0.0392. The van der Waals surface area contributed by atoms with E-state index in [1.165, 1.54) is 121 Å². The first kappa shape index (κ1) is 38.9. The molecule has 1 heterocycles. The van der Waals surface area contributed by atoms with Gasteiger partial charge in [-0.1, -0.05) is 120 Å². The van der Waals surface area contributed by atoms with Gasteiger partial charge in [-0.3, -0.25) is 4.57 Å². The maximum Gasteiger partial charge on any atom is 0.139 e. The summed E-state index contributed by atoms with van der Waals surface area (Å²) in [5.74, 6) is 1.08. The van der Waals surface area contributed by atoms with Gasteiger partial charge in [-0.25, -0.2) is 4.98 Å². The van der Waals surface area contributed by atoms with Crippen LogP contribution in [-0.2, 0) is 6.42 Å². The number of aromatic nitrogens is 2. The molecule has 0 N–H and O–H groups in total. The van der Waals surface area contributed by atoms with Gasteiger partial charge in [0.1, 0.15) is 68.6 Å². The van der Waals surface area contributed by atoms with Crippen molar-refractivity contribution in [3.8, 4) is 50.2 Å². The maximum absolute atomic E-state index is 4.99. The lowest BCUT2D eigenvalue weighted by atomic mass is 9.59. The van der Waals surface area contributed by atoms with Crippen molar-refractivity contribution in [2.75, 3.05) is 0 Å². The zero-order valence-electron chi connectivity index (χ0n) is 36.9. The fourth-order valence-corrected chi connectivity index (χ4v) is 10.2. The number of para-hydroxylation sites is 2. The molecule has 0 aliphatic heterocycles. The van der Waals surface area contributed by atoms with Gasteiger partial charge < -0.3 is 0 Å². The van der Waals surface area contributed by atoms with E-state index in [0.29, 0.717) is 0 Å². The van der Waals surface area contributed by atoms with E-state index < -0.39 is 0 Å². The molecule has 0 atom stereocenters. The van der Waals surface area contributed by atoms with Crippen molar-refractivity contribution in [1.29, 1.82) is 0 Å². The number of hydrogen-bond donors (Lipinski definition) is 0. The summed E-state index contributed by atoms with van der Waals surface area (Å²) in [6, 6.07) is 51.6. The smallest absolute Gasteiger partial charge is 0.139 e. The summed E-state index contributed by atoms with van der Waals surface area (Å²) in [6.45, 7) is 2.19. The summed E-state index contributed by atoms with van der Waals surface area (Å²) in [6.07, 6.45) is 0.862. The Bertz CT molecular complexity index is 3300. The number of benzene rings is 9. The van der Waals surface area contributed by atoms with Gasteiger partial charge in [0.2, 0.25) is 0 Å². The SMILES string of the molecule is Bc1c(B)c(B)c2c(-c3ccc4cc(-n5c(CC)nc6ccccc65)ccc4c3)c3c(B)c(B)c(B)c(B)c3c(-c3cc(-c4ccccc4)cc(-c4ccccc4)c3)c2c1B. The Hall–Kier alpha value is -6.25. The van der Waals surface area contributed by atoms with Crippen LogP contribution in [0.15, 0.2) is 140 Å². The monoisotopic (exact) mass is 772 g/mol. The van der Waals surface area contributed by atoms with E-state index in [9.17, 15) is 0 Å². The zero-order valence-corrected chi connectivity index (χ0v) is 36.9. The van der Waals surface area contributed by atoms with Crippen LogP contribution in [0, 0.1) is 0 Å². The minimum Gasteiger partial charge on any atom is -0.296 e. The van der Waals surface area contributed by atoms with Crippen molar-refractivity contribution in [2.24, 2.45) is 0 Å². The quantitative estimate of drug-likeness (QED) is 0.169. The lowest BCUT2D eigenvalue weighted by molar-refractivity contribution is 0.909. The topological polar surface area (TPSA) is 17.8 Å². The number of fused-ring (bicyclic) bond motifs is 4. The number of imidazole rings is 1. The highest BCUT2D eigenvalue weighted by molar-refractivity contribution is 6.71. The molecule has 0 amide bonds. The number of aryl methyl sites for hydroxylation is 1. The van der Waals surface area contributed by atoms with Crippen molar-refractivity contribution in [2.45, 2.75) is 13.3 Å². The minimum absolute atomic E-state index is 0.862. The Morgan fingerprint density at radius 3 is 1.36 bits per heavy atom. The molecule has 10 aromatic rings. The van der Waals surface area contributed by atoms with Crippen LogP contribution in [0.1, 0.15) is 12.7 Å². The molecule has 0 bridgehead atoms. The summed E-state index contributed by atoms with van der Waals surface area (Å²) in [7, 11) is 18.7. The molecule has 61 heavy (non-hydrogen) atoms. The Kier molecular flexibility index (Phi) is 9.59. The fourth-order valence-electron chi connectivity index (χ4n) is 10.2. The lowest BCUT2D eigenvalue weighted by Gasteiger charge is -2.28. The van der Waals surface area contributed by atoms with E-state index in [0.717, 1.165) is 29.0 Å². The molecule has 10 heteroatoms. The first-order chi connectivity index (χ1) is 29.5. The third-order valence-electron chi connectivity index (χ3n) is 14.1. The van der Waals surface area contributed by atoms with E-state index in [1.54, 1.807) is 0 Å². The van der Waals surface area contributed by atoms with E-state index in [2.05, 4.69) is 214 Å². The summed E-state index contributed by atoms with van der Waals surface area (Å²) in [5, 5.41) is 7.87. The molecule has 10 rings (SSSR count). The van der Waals surface area contributed by atoms with Crippen LogP contribution < -0.4 is 43.7 Å². The largest absolute Gasteiger partial charge is 0.296 e. The number of rotatable bonds is 6. The van der Waals surface area contributed by atoms with Crippen LogP contribution in [0.4, 0.5) is 0 Å². The van der Waals surface area contributed by atoms with Gasteiger partial charge in [0.15, 0.2) is 0 Å². The molecule has 0 aliphatic rings. The molecular weight excluding hydrogens is 727 g/mol. The van der Waals surface area contributed by atoms with Gasteiger partial charge in [0.25, 0.3) is 0 Å². The van der Waals surface area contributed by atoms with Crippen LogP contribution in [0.5, 0.6) is 0 Å². The molecule has 282 valence electrons. The molecule has 1 aromatic heterocycles. The third-order valence-corrected chi connectivity index (χ3v) is 14.1. The highest BCUT2D eigenvalue weighted by Gasteiger charge is 2.26. The van der Waals surface area contributed by atoms with Gasteiger partial charge in [-0.2, -0.15) is 0 Å². The molecule has 0 aliphatic carbocycles. The predicted octanol–water partition coefficient (Wildman–Crippen LogP) is -0.217. The van der Waals surface area contributed by atoms with Gasteiger partial charge in [0, 0.05) is 12.1 Å². The highest BCUT2D eigenvalue weighted by Crippen LogP contribution is 2.43. The van der Waals surface area contributed by atoms with E-state index in [1.807, 2.05) is 0 Å². The Labute approximate surface area is 366 Å². The lowest BCUT2D eigenvalue weighted by Crippen LogP contribution is -2.50. The summed E-state index contributed by atoms with van der Waals surface area (Å²) in [4.78, 5) is 4.99. The van der Waals surface area contributed by atoms with Crippen LogP contribution in [-0.4, -0.2) is 72.3 Å². The average Bonchev–Trinajstić information content (AvgIpc) is 3.69. The standard InChI is InChI=1S/C51H44B8N2/c1-2-37-60-35-15-9-10-16-36(35)61(37)34-20-19-28-21-30(18-17-29(28)25-34)38-40-42(46(54)50(58)48(56)44(40)52)39(43-41(38)45(53)49(57)51(59)47(43)55)33-23-31(26-11-5-3-6-12-26)22-32(24-33)27-13-7-4-8-14-27/h3-25H,2,52-59H2,1H3. The zero-order chi connectivity index (χ0) is 42.3. The highest BCUT2D eigenvalue weighted by atomic mass is 15.1. The van der Waals surface area contributed by atoms with E-state index >= 15 is 0 Å². The van der Waals surface area contributed by atoms with Gasteiger partial charge in [-0.15, -0.1) is 21.9 Å². The summed E-state index contributed by atoms with van der Waals surface area (Å²) < 4.78 is 2.33. The third kappa shape index (κ3) is 6.17. The van der Waals surface area contributed by atoms with Crippen molar-refractivity contribution in [3.05, 3.63) is 145 Å². The van der Waals surface area contributed by atoms with Crippen molar-refractivity contribution >= 4 is 150 Å². The Balaban J connectivity index is 1.32. The molecule has 0 fully saturated rings. The Morgan fingerprint density at radius 1 is 0.393 bits per heavy atom. The first-order valence-electron chi connectivity index (χ1n) is 21.8. The van der Waals surface area contributed by atoms with Crippen molar-refractivity contribution < 1.29 is 0 Å². The average molecular weight is 771 g/mol. The first-order valence-corrected chi connectivity index (χ1v) is 21.8. The summed E-state index contributed by atoms with van der Waals surface area (Å²) in [5.41, 5.74) is 24.2. The molecule has 0 saturated heterocycles. The second kappa shape index (κ2) is 15.0. The van der Waals surface area contributed by atoms with Crippen LogP contribution >= 0.6 is 0 Å². The molecule has 0 saturated carbocycles. The molecular formula is C51H44B8N2. The van der Waals surface area contributed by atoms with Crippen molar-refractivity contribution in [3.63, 3.8) is 0 Å². The van der Waals surface area contributed by atoms with Crippen molar-refractivity contribution in [1.82, 2.24) is 9.55 Å². The molecule has 0 unspecified atom stereocenters. The maximum atomic E-state index is 4.99. The van der Waals surface area contributed by atoms with Crippen LogP contribution in [0.3, 0.4) is 0 Å².